The summed E-state index contributed by atoms with van der Waals surface area (Å²) in [6.07, 6.45) is 1.84. The van der Waals surface area contributed by atoms with Gasteiger partial charge in [0.1, 0.15) is 5.82 Å². The monoisotopic (exact) mass is 337 g/mol. The van der Waals surface area contributed by atoms with Crippen molar-refractivity contribution in [2.45, 2.75) is 26.7 Å². The molecule has 1 aliphatic rings. The SMILES string of the molecule is CC1=C(c2ccc(F)cc2C)c2cc(C(=O)N=C(N)N)ccc2CC1. The van der Waals surface area contributed by atoms with E-state index in [1.165, 1.54) is 17.7 Å². The third-order valence-electron chi connectivity index (χ3n) is 4.51. The van der Waals surface area contributed by atoms with E-state index in [-0.39, 0.29) is 11.8 Å². The number of guanidine groups is 1. The second-order valence-corrected chi connectivity index (χ2v) is 6.33. The standard InChI is InChI=1S/C20H20FN3O/c1-11-3-4-13-5-6-14(19(25)24-20(22)23)10-17(13)18(11)16-8-7-15(21)9-12(16)2/h5-10H,3-4H2,1-2H3,(H4,22,23,24,25). The Morgan fingerprint density at radius 1 is 1.04 bits per heavy atom. The first-order valence-electron chi connectivity index (χ1n) is 8.10. The summed E-state index contributed by atoms with van der Waals surface area (Å²) >= 11 is 0. The van der Waals surface area contributed by atoms with E-state index in [2.05, 4.69) is 11.9 Å². The Kier molecular flexibility index (Phi) is 4.40. The maximum Gasteiger partial charge on any atom is 0.280 e. The second-order valence-electron chi connectivity index (χ2n) is 6.33. The van der Waals surface area contributed by atoms with Crippen molar-refractivity contribution in [1.82, 2.24) is 0 Å². The number of aliphatic imine (C=N–C) groups is 1. The molecule has 0 radical (unpaired) electrons. The van der Waals surface area contributed by atoms with Gasteiger partial charge in [0.2, 0.25) is 0 Å². The molecule has 128 valence electrons. The smallest absolute Gasteiger partial charge is 0.280 e. The van der Waals surface area contributed by atoms with Gasteiger partial charge >= 0.3 is 0 Å². The molecule has 0 atom stereocenters. The van der Waals surface area contributed by atoms with Crippen molar-refractivity contribution in [3.63, 3.8) is 0 Å². The molecule has 3 rings (SSSR count). The summed E-state index contributed by atoms with van der Waals surface area (Å²) in [5.74, 6) is -0.988. The van der Waals surface area contributed by atoms with Crippen molar-refractivity contribution in [3.8, 4) is 0 Å². The van der Waals surface area contributed by atoms with E-state index >= 15 is 0 Å². The molecular weight excluding hydrogens is 317 g/mol. The number of nitrogens with zero attached hydrogens (tertiary/aromatic N) is 1. The summed E-state index contributed by atoms with van der Waals surface area (Å²) in [4.78, 5) is 15.8. The molecule has 0 aliphatic heterocycles. The third-order valence-corrected chi connectivity index (χ3v) is 4.51. The zero-order valence-corrected chi connectivity index (χ0v) is 14.3. The molecule has 0 aromatic heterocycles. The fraction of sp³-hybridized carbons (Fsp3) is 0.200. The molecule has 0 saturated carbocycles. The third kappa shape index (κ3) is 3.31. The summed E-state index contributed by atoms with van der Waals surface area (Å²) in [5, 5.41) is 0. The van der Waals surface area contributed by atoms with Crippen LogP contribution in [0.5, 0.6) is 0 Å². The van der Waals surface area contributed by atoms with Gasteiger partial charge in [0.05, 0.1) is 0 Å². The van der Waals surface area contributed by atoms with Crippen molar-refractivity contribution in [3.05, 3.63) is 75.6 Å². The first kappa shape index (κ1) is 16.9. The van der Waals surface area contributed by atoms with Crippen LogP contribution in [0.4, 0.5) is 4.39 Å². The summed E-state index contributed by atoms with van der Waals surface area (Å²) in [7, 11) is 0. The van der Waals surface area contributed by atoms with Crippen LogP contribution in [-0.2, 0) is 6.42 Å². The van der Waals surface area contributed by atoms with Crippen molar-refractivity contribution in [2.24, 2.45) is 16.5 Å². The highest BCUT2D eigenvalue weighted by atomic mass is 19.1. The lowest BCUT2D eigenvalue weighted by atomic mass is 9.81. The average Bonchev–Trinajstić information content (AvgIpc) is 2.54. The van der Waals surface area contributed by atoms with Crippen LogP contribution < -0.4 is 11.5 Å². The van der Waals surface area contributed by atoms with Crippen LogP contribution >= 0.6 is 0 Å². The number of allylic oxidation sites excluding steroid dienone is 1. The highest BCUT2D eigenvalue weighted by molar-refractivity contribution is 6.03. The number of fused-ring (bicyclic) bond motifs is 1. The van der Waals surface area contributed by atoms with E-state index in [1.54, 1.807) is 12.1 Å². The van der Waals surface area contributed by atoms with Gasteiger partial charge in [-0.05, 0) is 78.8 Å². The Bertz CT molecular complexity index is 925. The maximum absolute atomic E-state index is 13.5. The average molecular weight is 337 g/mol. The molecular formula is C20H20FN3O. The van der Waals surface area contributed by atoms with Gasteiger partial charge < -0.3 is 11.5 Å². The molecule has 0 heterocycles. The molecule has 2 aromatic rings. The maximum atomic E-state index is 13.5. The zero-order valence-electron chi connectivity index (χ0n) is 14.3. The van der Waals surface area contributed by atoms with E-state index in [0.29, 0.717) is 5.56 Å². The quantitative estimate of drug-likeness (QED) is 0.651. The number of amides is 1. The first-order valence-corrected chi connectivity index (χ1v) is 8.10. The van der Waals surface area contributed by atoms with Gasteiger partial charge in [-0.1, -0.05) is 17.7 Å². The van der Waals surface area contributed by atoms with Crippen molar-refractivity contribution < 1.29 is 9.18 Å². The number of halogens is 1. The lowest BCUT2D eigenvalue weighted by molar-refractivity contribution is 0.100. The largest absolute Gasteiger partial charge is 0.370 e. The van der Waals surface area contributed by atoms with Gasteiger partial charge in [0.25, 0.3) is 5.91 Å². The molecule has 5 heteroatoms. The van der Waals surface area contributed by atoms with E-state index in [1.807, 2.05) is 19.1 Å². The van der Waals surface area contributed by atoms with Gasteiger partial charge in [-0.25, -0.2) is 4.39 Å². The summed E-state index contributed by atoms with van der Waals surface area (Å²) in [5.41, 5.74) is 17.3. The molecule has 0 fully saturated rings. The second kappa shape index (κ2) is 6.51. The Hall–Kier alpha value is -2.95. The first-order chi connectivity index (χ1) is 11.9. The minimum atomic E-state index is -0.471. The van der Waals surface area contributed by atoms with Gasteiger partial charge in [-0.15, -0.1) is 0 Å². The molecule has 4 nitrogen and oxygen atoms in total. The zero-order chi connectivity index (χ0) is 18.1. The molecule has 1 aliphatic carbocycles. The molecule has 0 unspecified atom stereocenters. The number of hydrogen-bond acceptors (Lipinski definition) is 1. The normalized spacial score (nSPS) is 13.4. The van der Waals surface area contributed by atoms with Crippen molar-refractivity contribution in [2.75, 3.05) is 0 Å². The highest BCUT2D eigenvalue weighted by Gasteiger charge is 2.21. The van der Waals surface area contributed by atoms with Crippen LogP contribution in [0.3, 0.4) is 0 Å². The molecule has 4 N–H and O–H groups in total. The molecule has 0 bridgehead atoms. The highest BCUT2D eigenvalue weighted by Crippen LogP contribution is 2.37. The fourth-order valence-corrected chi connectivity index (χ4v) is 3.30. The van der Waals surface area contributed by atoms with Gasteiger partial charge in [-0.3, -0.25) is 4.79 Å². The lowest BCUT2D eigenvalue weighted by Gasteiger charge is -2.24. The molecule has 0 saturated heterocycles. The molecule has 2 aromatic carbocycles. The van der Waals surface area contributed by atoms with Gasteiger partial charge in [-0.2, -0.15) is 4.99 Å². The van der Waals surface area contributed by atoms with Crippen molar-refractivity contribution in [1.29, 1.82) is 0 Å². The predicted octanol–water partition coefficient (Wildman–Crippen LogP) is 3.32. The lowest BCUT2D eigenvalue weighted by Crippen LogP contribution is -2.24. The van der Waals surface area contributed by atoms with E-state index in [9.17, 15) is 9.18 Å². The number of hydrogen-bond donors (Lipinski definition) is 2. The minimum absolute atomic E-state index is 0.257. The number of carbonyl (C=O) groups is 1. The number of benzene rings is 2. The van der Waals surface area contributed by atoms with E-state index < -0.39 is 5.91 Å². The van der Waals surface area contributed by atoms with Crippen LogP contribution in [0.1, 0.15) is 46.0 Å². The number of nitrogens with two attached hydrogens (primary N) is 2. The number of aryl methyl sites for hydroxylation is 2. The number of carbonyl (C=O) groups excluding carboxylic acids is 1. The summed E-state index contributed by atoms with van der Waals surface area (Å²) in [6, 6.07) is 10.3. The Morgan fingerprint density at radius 3 is 2.48 bits per heavy atom. The molecule has 1 amide bonds. The summed E-state index contributed by atoms with van der Waals surface area (Å²) < 4.78 is 13.5. The Labute approximate surface area is 146 Å². The Balaban J connectivity index is 2.16. The van der Waals surface area contributed by atoms with Crippen molar-refractivity contribution >= 4 is 17.4 Å². The van der Waals surface area contributed by atoms with Crippen LogP contribution in [0.15, 0.2) is 47.0 Å². The van der Waals surface area contributed by atoms with Crippen LogP contribution in [0, 0.1) is 12.7 Å². The fourth-order valence-electron chi connectivity index (χ4n) is 3.30. The molecule has 0 spiro atoms. The minimum Gasteiger partial charge on any atom is -0.370 e. The van der Waals surface area contributed by atoms with E-state index in [0.717, 1.165) is 40.7 Å². The van der Waals surface area contributed by atoms with E-state index in [4.69, 9.17) is 11.5 Å². The Morgan fingerprint density at radius 2 is 1.80 bits per heavy atom. The topological polar surface area (TPSA) is 81.5 Å². The predicted molar refractivity (Wildman–Crippen MR) is 97.7 cm³/mol. The van der Waals surface area contributed by atoms with Crippen LogP contribution in [0.2, 0.25) is 0 Å². The molecule has 25 heavy (non-hydrogen) atoms. The summed E-state index contributed by atoms with van der Waals surface area (Å²) in [6.45, 7) is 3.97. The van der Waals surface area contributed by atoms with Crippen LogP contribution in [0.25, 0.3) is 5.57 Å². The number of rotatable bonds is 2. The van der Waals surface area contributed by atoms with Crippen LogP contribution in [-0.4, -0.2) is 11.9 Å². The van der Waals surface area contributed by atoms with Gasteiger partial charge in [0, 0.05) is 5.56 Å². The van der Waals surface area contributed by atoms with Gasteiger partial charge in [0.15, 0.2) is 5.96 Å².